The molecule has 0 aliphatic carbocycles. The lowest BCUT2D eigenvalue weighted by molar-refractivity contribution is -0.136. The van der Waals surface area contributed by atoms with E-state index < -0.39 is 27.1 Å². The van der Waals surface area contributed by atoms with Crippen molar-refractivity contribution in [3.05, 3.63) is 17.4 Å². The molecule has 8 nitrogen and oxygen atoms in total. The fourth-order valence-electron chi connectivity index (χ4n) is 1.26. The van der Waals surface area contributed by atoms with Crippen molar-refractivity contribution in [2.45, 2.75) is 18.4 Å². The third-order valence-corrected chi connectivity index (χ3v) is 3.51. The Labute approximate surface area is 109 Å². The number of sulfonamides is 1. The number of carbonyl (C=O) groups is 2. The number of hydrogen-bond donors (Lipinski definition) is 2. The molecule has 0 saturated carbocycles. The zero-order valence-corrected chi connectivity index (χ0v) is 11.1. The molecular weight excluding hydrogens is 278 g/mol. The van der Waals surface area contributed by atoms with Gasteiger partial charge in [0, 0.05) is 12.6 Å². The SMILES string of the molecule is COC(=O)c1cc(S(=O)(=O)NCCC(=O)O)oc1C. The Morgan fingerprint density at radius 3 is 2.63 bits per heavy atom. The van der Waals surface area contributed by atoms with Crippen LogP contribution in [0.4, 0.5) is 0 Å². The van der Waals surface area contributed by atoms with Crippen LogP contribution < -0.4 is 4.72 Å². The van der Waals surface area contributed by atoms with Crippen LogP contribution in [0.25, 0.3) is 0 Å². The predicted octanol–water partition coefficient (Wildman–Crippen LogP) is 0.128. The molecule has 1 aromatic heterocycles. The lowest BCUT2D eigenvalue weighted by Gasteiger charge is -2.01. The molecule has 0 aliphatic heterocycles. The maximum atomic E-state index is 11.7. The van der Waals surface area contributed by atoms with Crippen LogP contribution in [0.1, 0.15) is 22.5 Å². The van der Waals surface area contributed by atoms with Gasteiger partial charge in [0.1, 0.15) is 11.3 Å². The highest BCUT2D eigenvalue weighted by atomic mass is 32.2. The normalized spacial score (nSPS) is 11.3. The van der Waals surface area contributed by atoms with Crippen LogP contribution in [0.3, 0.4) is 0 Å². The second kappa shape index (κ2) is 5.85. The number of methoxy groups -OCH3 is 1. The third-order valence-electron chi connectivity index (χ3n) is 2.20. The van der Waals surface area contributed by atoms with Crippen LogP contribution in [0.15, 0.2) is 15.6 Å². The van der Waals surface area contributed by atoms with Gasteiger partial charge in [0.2, 0.25) is 5.09 Å². The Morgan fingerprint density at radius 2 is 2.11 bits per heavy atom. The van der Waals surface area contributed by atoms with Gasteiger partial charge in [-0.05, 0) is 6.92 Å². The lowest BCUT2D eigenvalue weighted by atomic mass is 10.3. The number of carboxylic acids is 1. The van der Waals surface area contributed by atoms with E-state index in [1.807, 2.05) is 4.72 Å². The Hall–Kier alpha value is -1.87. The number of carboxylic acid groups (broad SMARTS) is 1. The molecule has 1 aromatic rings. The van der Waals surface area contributed by atoms with Gasteiger partial charge in [0.15, 0.2) is 0 Å². The molecular formula is C10H13NO7S. The molecule has 0 bridgehead atoms. The van der Waals surface area contributed by atoms with Gasteiger partial charge in [-0.2, -0.15) is 0 Å². The summed E-state index contributed by atoms with van der Waals surface area (Å²) in [5.74, 6) is -1.74. The van der Waals surface area contributed by atoms with Gasteiger partial charge >= 0.3 is 11.9 Å². The van der Waals surface area contributed by atoms with Crippen LogP contribution in [0.5, 0.6) is 0 Å². The van der Waals surface area contributed by atoms with Crippen molar-refractivity contribution in [2.75, 3.05) is 13.7 Å². The van der Waals surface area contributed by atoms with Gasteiger partial charge in [0.25, 0.3) is 10.0 Å². The minimum atomic E-state index is -3.99. The summed E-state index contributed by atoms with van der Waals surface area (Å²) in [6.07, 6.45) is -0.358. The summed E-state index contributed by atoms with van der Waals surface area (Å²) in [5, 5.41) is 7.95. The molecule has 9 heteroatoms. The topological polar surface area (TPSA) is 123 Å². The smallest absolute Gasteiger partial charge is 0.341 e. The van der Waals surface area contributed by atoms with Crippen molar-refractivity contribution < 1.29 is 32.3 Å². The Morgan fingerprint density at radius 1 is 1.47 bits per heavy atom. The quantitative estimate of drug-likeness (QED) is 0.714. The fourth-order valence-corrected chi connectivity index (χ4v) is 2.28. The summed E-state index contributed by atoms with van der Waals surface area (Å²) in [6, 6.07) is 1.03. The van der Waals surface area contributed by atoms with E-state index >= 15 is 0 Å². The largest absolute Gasteiger partial charge is 0.481 e. The molecule has 1 rings (SSSR count). The fraction of sp³-hybridized carbons (Fsp3) is 0.400. The monoisotopic (exact) mass is 291 g/mol. The summed E-state index contributed by atoms with van der Waals surface area (Å²) < 4.78 is 35.0. The summed E-state index contributed by atoms with van der Waals surface area (Å²) in [4.78, 5) is 21.6. The number of aliphatic carboxylic acids is 1. The number of hydrogen-bond acceptors (Lipinski definition) is 6. The molecule has 0 unspecified atom stereocenters. The second-order valence-corrected chi connectivity index (χ2v) is 5.27. The number of ether oxygens (including phenoxy) is 1. The molecule has 0 aliphatic rings. The van der Waals surface area contributed by atoms with Crippen LogP contribution >= 0.6 is 0 Å². The molecule has 1 heterocycles. The number of nitrogens with one attached hydrogen (secondary N) is 1. The minimum Gasteiger partial charge on any atom is -0.481 e. The van der Waals surface area contributed by atoms with Crippen molar-refractivity contribution in [2.24, 2.45) is 0 Å². The molecule has 0 fully saturated rings. The van der Waals surface area contributed by atoms with Crippen molar-refractivity contribution in [3.8, 4) is 0 Å². The standard InChI is InChI=1S/C10H13NO7S/c1-6-7(10(14)17-2)5-9(18-6)19(15,16)11-4-3-8(12)13/h5,11H,3-4H2,1-2H3,(H,12,13). The van der Waals surface area contributed by atoms with E-state index in [4.69, 9.17) is 9.52 Å². The highest BCUT2D eigenvalue weighted by Crippen LogP contribution is 2.19. The second-order valence-electron chi connectivity index (χ2n) is 3.57. The van der Waals surface area contributed by atoms with E-state index in [0.29, 0.717) is 0 Å². The first kappa shape index (κ1) is 15.2. The van der Waals surface area contributed by atoms with Gasteiger partial charge in [-0.15, -0.1) is 0 Å². The molecule has 2 N–H and O–H groups in total. The van der Waals surface area contributed by atoms with Gasteiger partial charge in [-0.3, -0.25) is 4.79 Å². The van der Waals surface area contributed by atoms with E-state index in [0.717, 1.165) is 13.2 Å². The first-order valence-electron chi connectivity index (χ1n) is 5.18. The molecule has 0 radical (unpaired) electrons. The average molecular weight is 291 g/mol. The summed E-state index contributed by atoms with van der Waals surface area (Å²) >= 11 is 0. The third kappa shape index (κ3) is 3.80. The first-order valence-corrected chi connectivity index (χ1v) is 6.66. The Bertz CT molecular complexity index is 587. The highest BCUT2D eigenvalue weighted by Gasteiger charge is 2.24. The lowest BCUT2D eigenvalue weighted by Crippen LogP contribution is -2.25. The van der Waals surface area contributed by atoms with Crippen molar-refractivity contribution >= 4 is 22.0 Å². The van der Waals surface area contributed by atoms with Crippen molar-refractivity contribution in [1.29, 1.82) is 0 Å². The maximum Gasteiger partial charge on any atom is 0.341 e. The number of furan rings is 1. The van der Waals surface area contributed by atoms with Crippen LogP contribution in [0.2, 0.25) is 0 Å². The zero-order chi connectivity index (χ0) is 14.6. The van der Waals surface area contributed by atoms with Gasteiger partial charge in [-0.1, -0.05) is 0 Å². The molecule has 19 heavy (non-hydrogen) atoms. The maximum absolute atomic E-state index is 11.7. The van der Waals surface area contributed by atoms with Crippen LogP contribution in [0, 0.1) is 6.92 Å². The Balaban J connectivity index is 2.90. The first-order chi connectivity index (χ1) is 8.77. The van der Waals surface area contributed by atoms with Gasteiger partial charge in [-0.25, -0.2) is 17.9 Å². The number of esters is 1. The molecule has 106 valence electrons. The molecule has 0 spiro atoms. The number of carbonyl (C=O) groups excluding carboxylic acids is 1. The van der Waals surface area contributed by atoms with Crippen LogP contribution in [-0.2, 0) is 19.6 Å². The minimum absolute atomic E-state index is 0.00103. The van der Waals surface area contributed by atoms with Crippen molar-refractivity contribution in [3.63, 3.8) is 0 Å². The molecule has 0 atom stereocenters. The highest BCUT2D eigenvalue weighted by molar-refractivity contribution is 7.89. The molecule has 0 aromatic carbocycles. The van der Waals surface area contributed by atoms with E-state index in [1.165, 1.54) is 6.92 Å². The predicted molar refractivity (Wildman–Crippen MR) is 62.2 cm³/mol. The molecule has 0 amide bonds. The van der Waals surface area contributed by atoms with E-state index in [1.54, 1.807) is 0 Å². The van der Waals surface area contributed by atoms with E-state index in [-0.39, 0.29) is 24.3 Å². The summed E-state index contributed by atoms with van der Waals surface area (Å²) in [7, 11) is -2.83. The number of aryl methyl sites for hydroxylation is 1. The average Bonchev–Trinajstić information content (AvgIpc) is 2.70. The van der Waals surface area contributed by atoms with Gasteiger partial charge < -0.3 is 14.3 Å². The number of rotatable bonds is 6. The van der Waals surface area contributed by atoms with Gasteiger partial charge in [0.05, 0.1) is 13.5 Å². The van der Waals surface area contributed by atoms with E-state index in [9.17, 15) is 18.0 Å². The van der Waals surface area contributed by atoms with E-state index in [2.05, 4.69) is 4.74 Å². The van der Waals surface area contributed by atoms with Crippen molar-refractivity contribution in [1.82, 2.24) is 4.72 Å². The summed E-state index contributed by atoms with van der Waals surface area (Å²) in [6.45, 7) is 1.15. The molecule has 0 saturated heterocycles. The zero-order valence-electron chi connectivity index (χ0n) is 10.3. The summed E-state index contributed by atoms with van der Waals surface area (Å²) in [5.41, 5.74) is 0.00103. The van der Waals surface area contributed by atoms with Crippen LogP contribution in [-0.4, -0.2) is 39.1 Å². The Kier molecular flexibility index (Phi) is 4.67.